The summed E-state index contributed by atoms with van der Waals surface area (Å²) in [7, 11) is 0. The lowest BCUT2D eigenvalue weighted by Gasteiger charge is -2.31. The topological polar surface area (TPSA) is 92.9 Å². The highest BCUT2D eigenvalue weighted by Gasteiger charge is 2.28. The number of nitriles is 1. The van der Waals surface area contributed by atoms with E-state index in [1.807, 2.05) is 6.07 Å². The number of hydrogen-bond acceptors (Lipinski definition) is 6. The summed E-state index contributed by atoms with van der Waals surface area (Å²) in [5.74, 6) is -1.07. The number of aromatic nitrogens is 1. The monoisotopic (exact) mass is 435 g/mol. The standard InChI is InChI=1S/C17H15BrFN5OS/c18-13-7-11(1-2-14(13)19)22-16(21)15(25)10-3-5-24(6-4-10)17-23-12(8-20)9-26-17/h1-2,7,9-10H,3-6H2,(H2,21,22). The summed E-state index contributed by atoms with van der Waals surface area (Å²) >= 11 is 4.50. The average molecular weight is 436 g/mol. The molecule has 0 amide bonds. The van der Waals surface area contributed by atoms with E-state index in [4.69, 9.17) is 10.7 Å². The Labute approximate surface area is 162 Å². The number of hydrogen-bond donors (Lipinski definition) is 2. The van der Waals surface area contributed by atoms with Crippen molar-refractivity contribution in [3.8, 4) is 6.07 Å². The quantitative estimate of drug-likeness (QED) is 0.562. The molecule has 6 nitrogen and oxygen atoms in total. The second-order valence-electron chi connectivity index (χ2n) is 5.88. The van der Waals surface area contributed by atoms with E-state index in [1.165, 1.54) is 29.5 Å². The lowest BCUT2D eigenvalue weighted by atomic mass is 9.92. The molecular weight excluding hydrogens is 421 g/mol. The van der Waals surface area contributed by atoms with Gasteiger partial charge < -0.3 is 10.2 Å². The van der Waals surface area contributed by atoms with Crippen molar-refractivity contribution in [3.63, 3.8) is 0 Å². The molecule has 0 spiro atoms. The highest BCUT2D eigenvalue weighted by molar-refractivity contribution is 9.10. The number of nitrogens with zero attached hydrogens (tertiary/aromatic N) is 3. The molecular formula is C17H15BrFN5OS. The van der Waals surface area contributed by atoms with Crippen LogP contribution >= 0.6 is 27.3 Å². The van der Waals surface area contributed by atoms with Crippen LogP contribution in [0.25, 0.3) is 0 Å². The van der Waals surface area contributed by atoms with Crippen molar-refractivity contribution in [2.45, 2.75) is 12.8 Å². The van der Waals surface area contributed by atoms with Gasteiger partial charge in [0.05, 0.1) is 4.47 Å². The molecule has 2 N–H and O–H groups in total. The van der Waals surface area contributed by atoms with E-state index in [2.05, 4.69) is 31.1 Å². The van der Waals surface area contributed by atoms with Gasteiger partial charge in [-0.15, -0.1) is 11.3 Å². The number of rotatable bonds is 4. The van der Waals surface area contributed by atoms with Crippen LogP contribution < -0.4 is 10.2 Å². The lowest BCUT2D eigenvalue weighted by Crippen LogP contribution is -2.39. The Balaban J connectivity index is 1.56. The number of piperidine rings is 1. The van der Waals surface area contributed by atoms with Crippen LogP contribution in [0.15, 0.2) is 28.1 Å². The molecule has 0 radical (unpaired) electrons. The van der Waals surface area contributed by atoms with Gasteiger partial charge in [-0.05, 0) is 47.0 Å². The molecule has 1 saturated heterocycles. The van der Waals surface area contributed by atoms with Gasteiger partial charge in [0.15, 0.2) is 16.7 Å². The molecule has 0 saturated carbocycles. The van der Waals surface area contributed by atoms with Crippen molar-refractivity contribution in [1.82, 2.24) is 4.98 Å². The minimum absolute atomic E-state index is 0.192. The number of carbonyl (C=O) groups excluding carboxylic acids is 1. The van der Waals surface area contributed by atoms with Crippen molar-refractivity contribution in [3.05, 3.63) is 39.6 Å². The van der Waals surface area contributed by atoms with E-state index in [-0.39, 0.29) is 22.0 Å². The van der Waals surface area contributed by atoms with Gasteiger partial charge in [0.25, 0.3) is 0 Å². The molecule has 1 aliphatic rings. The molecule has 2 aromatic rings. The molecule has 0 unspecified atom stereocenters. The summed E-state index contributed by atoms with van der Waals surface area (Å²) in [6.07, 6.45) is 1.24. The predicted octanol–water partition coefficient (Wildman–Crippen LogP) is 3.79. The summed E-state index contributed by atoms with van der Waals surface area (Å²) in [6, 6.07) is 6.27. The zero-order valence-corrected chi connectivity index (χ0v) is 16.0. The van der Waals surface area contributed by atoms with Crippen molar-refractivity contribution in [1.29, 1.82) is 10.7 Å². The Hall–Kier alpha value is -2.31. The third kappa shape index (κ3) is 4.08. The van der Waals surface area contributed by atoms with E-state index in [9.17, 15) is 9.18 Å². The van der Waals surface area contributed by atoms with Crippen molar-refractivity contribution >= 4 is 49.7 Å². The van der Waals surface area contributed by atoms with Crippen LogP contribution in [0.4, 0.5) is 15.2 Å². The number of anilines is 2. The molecule has 1 aromatic heterocycles. The fourth-order valence-electron chi connectivity index (χ4n) is 2.78. The Morgan fingerprint density at radius 1 is 1.46 bits per heavy atom. The molecule has 0 bridgehead atoms. The predicted molar refractivity (Wildman–Crippen MR) is 102 cm³/mol. The highest BCUT2D eigenvalue weighted by atomic mass is 79.9. The summed E-state index contributed by atoms with van der Waals surface area (Å²) in [4.78, 5) is 18.8. The van der Waals surface area contributed by atoms with E-state index >= 15 is 0 Å². The summed E-state index contributed by atoms with van der Waals surface area (Å²) in [6.45, 7) is 1.31. The third-order valence-corrected chi connectivity index (χ3v) is 5.69. The molecule has 1 aliphatic heterocycles. The molecule has 2 heterocycles. The first-order chi connectivity index (χ1) is 12.5. The normalized spacial score (nSPS) is 14.7. The van der Waals surface area contributed by atoms with Gasteiger partial charge in [-0.2, -0.15) is 5.26 Å². The summed E-state index contributed by atoms with van der Waals surface area (Å²) in [5.41, 5.74) is 0.889. The Morgan fingerprint density at radius 3 is 2.81 bits per heavy atom. The number of benzene rings is 1. The first-order valence-corrected chi connectivity index (χ1v) is 9.60. The van der Waals surface area contributed by atoms with Gasteiger partial charge in [0.1, 0.15) is 11.9 Å². The number of nitrogens with one attached hydrogen (secondary N) is 2. The van der Waals surface area contributed by atoms with Gasteiger partial charge in [-0.25, -0.2) is 9.37 Å². The fourth-order valence-corrected chi connectivity index (χ4v) is 3.96. The van der Waals surface area contributed by atoms with Gasteiger partial charge >= 0.3 is 0 Å². The first kappa shape index (κ1) is 18.5. The SMILES string of the molecule is N#Cc1csc(N2CCC(C(=O)C(=N)Nc3ccc(F)c(Br)c3)CC2)n1. The minimum Gasteiger partial charge on any atom is -0.348 e. The Morgan fingerprint density at radius 2 is 2.19 bits per heavy atom. The number of carbonyl (C=O) groups is 1. The Kier molecular flexibility index (Phi) is 5.64. The number of Topliss-reactive ketones (excluding diaryl/α,β-unsaturated/α-hetero) is 1. The number of thiazole rings is 1. The molecule has 134 valence electrons. The van der Waals surface area contributed by atoms with Crippen LogP contribution in [0.3, 0.4) is 0 Å². The van der Waals surface area contributed by atoms with Crippen LogP contribution in [0.5, 0.6) is 0 Å². The van der Waals surface area contributed by atoms with E-state index < -0.39 is 5.82 Å². The number of ketones is 1. The second-order valence-corrected chi connectivity index (χ2v) is 7.57. The molecule has 26 heavy (non-hydrogen) atoms. The second kappa shape index (κ2) is 7.93. The maximum absolute atomic E-state index is 13.3. The van der Waals surface area contributed by atoms with Crippen molar-refractivity contribution in [2.24, 2.45) is 5.92 Å². The third-order valence-electron chi connectivity index (χ3n) is 4.18. The molecule has 0 atom stereocenters. The summed E-state index contributed by atoms with van der Waals surface area (Å²) < 4.78 is 13.5. The van der Waals surface area contributed by atoms with Gasteiger partial charge in [0.2, 0.25) is 5.78 Å². The smallest absolute Gasteiger partial charge is 0.200 e. The largest absolute Gasteiger partial charge is 0.348 e. The van der Waals surface area contributed by atoms with Crippen LogP contribution in [0, 0.1) is 28.5 Å². The molecule has 3 rings (SSSR count). The lowest BCUT2D eigenvalue weighted by molar-refractivity contribution is -0.117. The van der Waals surface area contributed by atoms with Crippen LogP contribution in [0.2, 0.25) is 0 Å². The molecule has 1 fully saturated rings. The molecule has 9 heteroatoms. The maximum Gasteiger partial charge on any atom is 0.200 e. The van der Waals surface area contributed by atoms with Gasteiger partial charge in [-0.3, -0.25) is 10.2 Å². The van der Waals surface area contributed by atoms with Crippen molar-refractivity contribution < 1.29 is 9.18 Å². The van der Waals surface area contributed by atoms with Crippen molar-refractivity contribution in [2.75, 3.05) is 23.3 Å². The van der Waals surface area contributed by atoms with E-state index in [0.717, 1.165) is 5.13 Å². The fraction of sp³-hybridized carbons (Fsp3) is 0.294. The van der Waals surface area contributed by atoms with Gasteiger partial charge in [0, 0.05) is 30.1 Å². The minimum atomic E-state index is -0.400. The van der Waals surface area contributed by atoms with Crippen LogP contribution in [-0.2, 0) is 4.79 Å². The Bertz CT molecular complexity index is 886. The van der Waals surface area contributed by atoms with Gasteiger partial charge in [-0.1, -0.05) is 0 Å². The molecule has 1 aromatic carbocycles. The highest BCUT2D eigenvalue weighted by Crippen LogP contribution is 2.27. The maximum atomic E-state index is 13.3. The zero-order valence-electron chi connectivity index (χ0n) is 13.6. The van der Waals surface area contributed by atoms with Crippen LogP contribution in [0.1, 0.15) is 18.5 Å². The number of halogens is 2. The van der Waals surface area contributed by atoms with Crippen LogP contribution in [-0.4, -0.2) is 29.7 Å². The average Bonchev–Trinajstić information content (AvgIpc) is 3.13. The zero-order chi connectivity index (χ0) is 18.7. The first-order valence-electron chi connectivity index (χ1n) is 7.93. The molecule has 0 aliphatic carbocycles. The number of amidine groups is 1. The van der Waals surface area contributed by atoms with E-state index in [1.54, 1.807) is 5.38 Å². The summed E-state index contributed by atoms with van der Waals surface area (Å²) in [5, 5.41) is 22.1. The van der Waals surface area contributed by atoms with E-state index in [0.29, 0.717) is 37.3 Å².